The first-order chi connectivity index (χ1) is 12.0. The Morgan fingerprint density at radius 3 is 2.96 bits per heavy atom. The summed E-state index contributed by atoms with van der Waals surface area (Å²) in [6.45, 7) is 2.25. The lowest BCUT2D eigenvalue weighted by molar-refractivity contribution is -0.113. The van der Waals surface area contributed by atoms with E-state index in [-0.39, 0.29) is 22.6 Å². The van der Waals surface area contributed by atoms with Crippen molar-refractivity contribution in [2.75, 3.05) is 11.1 Å². The number of carbonyl (C=O) groups is 1. The molecular weight excluding hydrogens is 413 g/mol. The number of rotatable bonds is 6. The van der Waals surface area contributed by atoms with Gasteiger partial charge >= 0.3 is 0 Å². The summed E-state index contributed by atoms with van der Waals surface area (Å²) in [5.74, 6) is -0.459. The fourth-order valence-electron chi connectivity index (χ4n) is 1.95. The highest BCUT2D eigenvalue weighted by Crippen LogP contribution is 2.21. The minimum Gasteiger partial charge on any atom is -0.414 e. The van der Waals surface area contributed by atoms with Crippen molar-refractivity contribution < 1.29 is 13.6 Å². The average molecular weight is 426 g/mol. The highest BCUT2D eigenvalue weighted by atomic mass is 79.9. The average Bonchev–Trinajstić information content (AvgIpc) is 3.17. The SMILES string of the molecule is Cc1ccn(Cc2nnc(SCC(=O)Nc3ccc(Br)cc3F)o2)n1. The molecule has 25 heavy (non-hydrogen) atoms. The molecule has 3 aromatic rings. The molecule has 0 aliphatic carbocycles. The van der Waals surface area contributed by atoms with Crippen LogP contribution in [0.3, 0.4) is 0 Å². The number of hydrogen-bond donors (Lipinski definition) is 1. The third-order valence-corrected chi connectivity index (χ3v) is 4.36. The lowest BCUT2D eigenvalue weighted by atomic mass is 10.3. The van der Waals surface area contributed by atoms with Crippen molar-refractivity contribution in [1.29, 1.82) is 0 Å². The molecule has 2 aromatic heterocycles. The van der Waals surface area contributed by atoms with E-state index in [0.29, 0.717) is 16.9 Å². The lowest BCUT2D eigenvalue weighted by Gasteiger charge is -2.05. The fourth-order valence-corrected chi connectivity index (χ4v) is 2.87. The molecule has 3 rings (SSSR count). The van der Waals surface area contributed by atoms with Crippen molar-refractivity contribution in [1.82, 2.24) is 20.0 Å². The predicted molar refractivity (Wildman–Crippen MR) is 93.8 cm³/mol. The van der Waals surface area contributed by atoms with Gasteiger partial charge in [0, 0.05) is 10.7 Å². The lowest BCUT2D eigenvalue weighted by Crippen LogP contribution is -2.15. The Hall–Kier alpha value is -2.20. The summed E-state index contributed by atoms with van der Waals surface area (Å²) >= 11 is 4.24. The molecule has 0 radical (unpaired) electrons. The van der Waals surface area contributed by atoms with E-state index in [9.17, 15) is 9.18 Å². The van der Waals surface area contributed by atoms with Crippen LogP contribution in [0.1, 0.15) is 11.6 Å². The fraction of sp³-hybridized carbons (Fsp3) is 0.200. The van der Waals surface area contributed by atoms with Gasteiger partial charge in [0.1, 0.15) is 12.4 Å². The molecule has 0 aliphatic rings. The van der Waals surface area contributed by atoms with Gasteiger partial charge in [0.05, 0.1) is 17.1 Å². The zero-order valence-corrected chi connectivity index (χ0v) is 15.5. The molecule has 0 fully saturated rings. The van der Waals surface area contributed by atoms with E-state index in [1.54, 1.807) is 10.7 Å². The Morgan fingerprint density at radius 2 is 2.24 bits per heavy atom. The topological polar surface area (TPSA) is 85.8 Å². The molecular formula is C15H13BrFN5O2S. The molecule has 10 heteroatoms. The minimum atomic E-state index is -0.512. The van der Waals surface area contributed by atoms with Gasteiger partial charge in [-0.05, 0) is 31.2 Å². The molecule has 1 aromatic carbocycles. The molecule has 0 saturated heterocycles. The monoisotopic (exact) mass is 425 g/mol. The third kappa shape index (κ3) is 4.89. The molecule has 0 aliphatic heterocycles. The Bertz CT molecular complexity index is 898. The van der Waals surface area contributed by atoms with Crippen molar-refractivity contribution in [3.05, 3.63) is 52.3 Å². The van der Waals surface area contributed by atoms with Crippen LogP contribution in [0.5, 0.6) is 0 Å². The first kappa shape index (κ1) is 17.6. The number of aryl methyl sites for hydroxylation is 1. The molecule has 0 bridgehead atoms. The van der Waals surface area contributed by atoms with Crippen LogP contribution < -0.4 is 5.32 Å². The van der Waals surface area contributed by atoms with Crippen LogP contribution in [0.15, 0.2) is 44.6 Å². The number of aromatic nitrogens is 4. The van der Waals surface area contributed by atoms with Crippen LogP contribution in [0.4, 0.5) is 10.1 Å². The maximum atomic E-state index is 13.7. The summed E-state index contributed by atoms with van der Waals surface area (Å²) in [6.07, 6.45) is 1.81. The first-order valence-corrected chi connectivity index (χ1v) is 8.97. The van der Waals surface area contributed by atoms with E-state index in [2.05, 4.69) is 36.5 Å². The normalized spacial score (nSPS) is 10.8. The van der Waals surface area contributed by atoms with Gasteiger partial charge < -0.3 is 9.73 Å². The second-order valence-corrected chi connectivity index (χ2v) is 6.92. The standard InChI is InChI=1S/C15H13BrFN5O2S/c1-9-4-5-22(21-9)7-14-19-20-15(24-14)25-8-13(23)18-12-3-2-10(16)6-11(12)17/h2-6H,7-8H2,1H3,(H,18,23). The van der Waals surface area contributed by atoms with E-state index < -0.39 is 5.82 Å². The van der Waals surface area contributed by atoms with Crippen LogP contribution in [-0.4, -0.2) is 31.6 Å². The summed E-state index contributed by atoms with van der Waals surface area (Å²) in [5, 5.41) is 14.8. The van der Waals surface area contributed by atoms with Crippen LogP contribution in [0.25, 0.3) is 0 Å². The first-order valence-electron chi connectivity index (χ1n) is 7.20. The molecule has 0 spiro atoms. The van der Waals surface area contributed by atoms with Crippen molar-refractivity contribution in [2.45, 2.75) is 18.7 Å². The van der Waals surface area contributed by atoms with E-state index in [0.717, 1.165) is 17.5 Å². The summed E-state index contributed by atoms with van der Waals surface area (Å²) in [4.78, 5) is 11.9. The second-order valence-electron chi connectivity index (χ2n) is 5.08. The summed E-state index contributed by atoms with van der Waals surface area (Å²) in [7, 11) is 0. The van der Waals surface area contributed by atoms with Gasteiger partial charge in [-0.25, -0.2) is 4.39 Å². The molecule has 130 valence electrons. The Kier molecular flexibility index (Phi) is 5.49. The minimum absolute atomic E-state index is 0.0258. The number of benzene rings is 1. The number of nitrogens with zero attached hydrogens (tertiary/aromatic N) is 4. The smallest absolute Gasteiger partial charge is 0.277 e. The Morgan fingerprint density at radius 1 is 1.40 bits per heavy atom. The van der Waals surface area contributed by atoms with Gasteiger partial charge in [0.25, 0.3) is 5.22 Å². The molecule has 2 heterocycles. The van der Waals surface area contributed by atoms with Gasteiger partial charge in [-0.15, -0.1) is 10.2 Å². The maximum Gasteiger partial charge on any atom is 0.277 e. The van der Waals surface area contributed by atoms with Gasteiger partial charge in [0.15, 0.2) is 0 Å². The van der Waals surface area contributed by atoms with E-state index >= 15 is 0 Å². The molecule has 0 saturated carbocycles. The van der Waals surface area contributed by atoms with Gasteiger partial charge in [-0.1, -0.05) is 27.7 Å². The largest absolute Gasteiger partial charge is 0.414 e. The van der Waals surface area contributed by atoms with Crippen molar-refractivity contribution in [3.63, 3.8) is 0 Å². The van der Waals surface area contributed by atoms with Crippen LogP contribution in [0, 0.1) is 12.7 Å². The zero-order valence-electron chi connectivity index (χ0n) is 13.1. The highest BCUT2D eigenvalue weighted by molar-refractivity contribution is 9.10. The number of nitrogens with one attached hydrogen (secondary N) is 1. The summed E-state index contributed by atoms with van der Waals surface area (Å²) < 4.78 is 21.4. The zero-order chi connectivity index (χ0) is 17.8. The van der Waals surface area contributed by atoms with E-state index in [1.807, 2.05) is 19.2 Å². The number of amides is 1. The van der Waals surface area contributed by atoms with Crippen LogP contribution in [0.2, 0.25) is 0 Å². The molecule has 1 amide bonds. The molecule has 1 N–H and O–H groups in total. The van der Waals surface area contributed by atoms with E-state index in [1.165, 1.54) is 12.1 Å². The quantitative estimate of drug-likeness (QED) is 0.609. The predicted octanol–water partition coefficient (Wildman–Crippen LogP) is 3.26. The van der Waals surface area contributed by atoms with Crippen molar-refractivity contribution >= 4 is 39.3 Å². The number of anilines is 1. The van der Waals surface area contributed by atoms with Gasteiger partial charge in [-0.3, -0.25) is 9.48 Å². The van der Waals surface area contributed by atoms with Crippen molar-refractivity contribution in [2.24, 2.45) is 0 Å². The van der Waals surface area contributed by atoms with Crippen LogP contribution >= 0.6 is 27.7 Å². The number of halogens is 2. The highest BCUT2D eigenvalue weighted by Gasteiger charge is 2.12. The number of carbonyl (C=O) groups excluding carboxylic acids is 1. The van der Waals surface area contributed by atoms with Crippen molar-refractivity contribution in [3.8, 4) is 0 Å². The van der Waals surface area contributed by atoms with E-state index in [4.69, 9.17) is 4.42 Å². The molecule has 0 atom stereocenters. The summed E-state index contributed by atoms with van der Waals surface area (Å²) in [6, 6.07) is 6.29. The Balaban J connectivity index is 1.52. The Labute approximate surface area is 155 Å². The molecule has 7 nitrogen and oxygen atoms in total. The van der Waals surface area contributed by atoms with Crippen LogP contribution in [-0.2, 0) is 11.3 Å². The number of hydrogen-bond acceptors (Lipinski definition) is 6. The maximum absolute atomic E-state index is 13.7. The van der Waals surface area contributed by atoms with Gasteiger partial charge in [0.2, 0.25) is 11.8 Å². The number of thioether (sulfide) groups is 1. The second kappa shape index (κ2) is 7.79. The summed E-state index contributed by atoms with van der Waals surface area (Å²) in [5.41, 5.74) is 1.01. The molecule has 0 unspecified atom stereocenters. The van der Waals surface area contributed by atoms with Gasteiger partial charge in [-0.2, -0.15) is 5.10 Å². The third-order valence-electron chi connectivity index (χ3n) is 3.05.